The minimum atomic E-state index is -0.503. The smallest absolute Gasteiger partial charge is 0.255 e. The Hall–Kier alpha value is -2.57. The van der Waals surface area contributed by atoms with E-state index in [4.69, 9.17) is 20.9 Å². The largest absolute Gasteiger partial charge is 0.493 e. The first-order valence-electron chi connectivity index (χ1n) is 10.1. The highest BCUT2D eigenvalue weighted by Gasteiger charge is 2.38. The normalized spacial score (nSPS) is 23.8. The Kier molecular flexibility index (Phi) is 5.48. The molecule has 0 radical (unpaired) electrons. The molecule has 6 nitrogen and oxygen atoms in total. The molecule has 154 valence electrons. The molecule has 0 aromatic heterocycles. The third-order valence-electron chi connectivity index (χ3n) is 6.18. The van der Waals surface area contributed by atoms with Crippen LogP contribution >= 0.6 is 0 Å². The lowest BCUT2D eigenvalue weighted by Gasteiger charge is -2.46. The number of aryl methyl sites for hydroxylation is 1. The molecular weight excluding hydrogens is 366 g/mol. The average Bonchev–Trinajstić information content (AvgIpc) is 2.71. The van der Waals surface area contributed by atoms with Crippen molar-refractivity contribution in [3.63, 3.8) is 0 Å². The van der Waals surface area contributed by atoms with Gasteiger partial charge in [-0.3, -0.25) is 9.69 Å². The summed E-state index contributed by atoms with van der Waals surface area (Å²) >= 11 is 0. The molecule has 0 spiro atoms. The number of primary amides is 1. The highest BCUT2D eigenvalue weighted by Crippen LogP contribution is 2.44. The predicted molar refractivity (Wildman–Crippen MR) is 112 cm³/mol. The third-order valence-corrected chi connectivity index (χ3v) is 6.18. The van der Waals surface area contributed by atoms with Crippen LogP contribution in [0.15, 0.2) is 36.4 Å². The van der Waals surface area contributed by atoms with Crippen molar-refractivity contribution in [1.82, 2.24) is 4.90 Å². The van der Waals surface area contributed by atoms with Crippen LogP contribution in [0.5, 0.6) is 11.5 Å². The fourth-order valence-electron chi connectivity index (χ4n) is 4.74. The second-order valence-electron chi connectivity index (χ2n) is 8.14. The summed E-state index contributed by atoms with van der Waals surface area (Å²) in [7, 11) is 1.61. The van der Waals surface area contributed by atoms with E-state index in [1.807, 2.05) is 12.1 Å². The second-order valence-corrected chi connectivity index (χ2v) is 8.14. The van der Waals surface area contributed by atoms with Crippen LogP contribution in [0.3, 0.4) is 0 Å². The first kappa shape index (κ1) is 19.7. The summed E-state index contributed by atoms with van der Waals surface area (Å²) in [6.45, 7) is 3.90. The fraction of sp³-hybridized carbons (Fsp3) is 0.435. The van der Waals surface area contributed by atoms with Crippen molar-refractivity contribution < 1.29 is 14.3 Å². The number of methoxy groups -OCH3 is 1. The molecule has 1 amide bonds. The number of hydrogen-bond acceptors (Lipinski definition) is 5. The molecule has 2 aromatic rings. The van der Waals surface area contributed by atoms with Crippen molar-refractivity contribution in [3.05, 3.63) is 58.7 Å². The molecule has 3 atom stereocenters. The monoisotopic (exact) mass is 395 g/mol. The number of nitrogens with zero attached hydrogens (tertiary/aromatic N) is 1. The lowest BCUT2D eigenvalue weighted by molar-refractivity contribution is -0.119. The molecule has 2 aromatic carbocycles. The standard InChI is InChI=1S/C23H29N3O3/c1-14-4-3-5-15(8-14)18-12-26-7-6-16-9-22(29-13-23(25)27)21(28-2)10-17(16)20(26)11-19(18)24/h3-5,8-10,18-20H,6-7,11-13,24H2,1-2H3,(H2,25,27)/t18-,19+,20+/m1/s1. The predicted octanol–water partition coefficient (Wildman–Crippen LogP) is 2.28. The van der Waals surface area contributed by atoms with Gasteiger partial charge in [0.05, 0.1) is 7.11 Å². The van der Waals surface area contributed by atoms with Crippen LogP contribution in [0.1, 0.15) is 40.6 Å². The van der Waals surface area contributed by atoms with E-state index < -0.39 is 5.91 Å². The van der Waals surface area contributed by atoms with Crippen molar-refractivity contribution in [2.45, 2.75) is 37.8 Å². The minimum absolute atomic E-state index is 0.0979. The molecule has 0 bridgehead atoms. The van der Waals surface area contributed by atoms with E-state index in [1.54, 1.807) is 7.11 Å². The first-order valence-corrected chi connectivity index (χ1v) is 10.1. The third kappa shape index (κ3) is 3.95. The number of hydrogen-bond donors (Lipinski definition) is 2. The number of fused-ring (bicyclic) bond motifs is 3. The highest BCUT2D eigenvalue weighted by atomic mass is 16.5. The zero-order valence-corrected chi connectivity index (χ0v) is 17.1. The number of amides is 1. The lowest BCUT2D eigenvalue weighted by Crippen LogP contribution is -2.49. The Balaban J connectivity index is 1.60. The van der Waals surface area contributed by atoms with E-state index in [9.17, 15) is 4.79 Å². The van der Waals surface area contributed by atoms with Gasteiger partial charge in [-0.1, -0.05) is 29.8 Å². The Morgan fingerprint density at radius 2 is 2.07 bits per heavy atom. The van der Waals surface area contributed by atoms with Gasteiger partial charge >= 0.3 is 0 Å². The maximum absolute atomic E-state index is 11.1. The van der Waals surface area contributed by atoms with E-state index in [-0.39, 0.29) is 18.7 Å². The number of benzene rings is 2. The zero-order valence-electron chi connectivity index (χ0n) is 17.1. The number of rotatable bonds is 5. The summed E-state index contributed by atoms with van der Waals surface area (Å²) in [5, 5.41) is 0. The Bertz CT molecular complexity index is 914. The van der Waals surface area contributed by atoms with E-state index in [1.165, 1.54) is 22.3 Å². The first-order chi connectivity index (χ1) is 14.0. The van der Waals surface area contributed by atoms with E-state index >= 15 is 0 Å². The Morgan fingerprint density at radius 1 is 1.24 bits per heavy atom. The molecule has 2 aliphatic heterocycles. The van der Waals surface area contributed by atoms with Gasteiger partial charge in [-0.15, -0.1) is 0 Å². The van der Waals surface area contributed by atoms with Crippen LogP contribution in [0.2, 0.25) is 0 Å². The maximum atomic E-state index is 11.1. The average molecular weight is 396 g/mol. The van der Waals surface area contributed by atoms with E-state index in [0.29, 0.717) is 17.4 Å². The Labute approximate surface area is 171 Å². The summed E-state index contributed by atoms with van der Waals surface area (Å²) < 4.78 is 11.1. The van der Waals surface area contributed by atoms with Crippen LogP contribution in [-0.2, 0) is 11.2 Å². The van der Waals surface area contributed by atoms with Crippen molar-refractivity contribution in [2.75, 3.05) is 26.8 Å². The summed E-state index contributed by atoms with van der Waals surface area (Å²) in [5.74, 6) is 1.03. The van der Waals surface area contributed by atoms with Gasteiger partial charge in [0.2, 0.25) is 0 Å². The molecule has 4 N–H and O–H groups in total. The fourth-order valence-corrected chi connectivity index (χ4v) is 4.74. The molecule has 1 saturated heterocycles. The topological polar surface area (TPSA) is 90.8 Å². The molecular formula is C23H29N3O3. The summed E-state index contributed by atoms with van der Waals surface area (Å²) in [6.07, 6.45) is 1.83. The van der Waals surface area contributed by atoms with Gasteiger partial charge in [-0.2, -0.15) is 0 Å². The van der Waals surface area contributed by atoms with Gasteiger partial charge in [0.25, 0.3) is 5.91 Å². The highest BCUT2D eigenvalue weighted by molar-refractivity contribution is 5.75. The summed E-state index contributed by atoms with van der Waals surface area (Å²) in [6, 6.07) is 13.1. The van der Waals surface area contributed by atoms with Crippen LogP contribution < -0.4 is 20.9 Å². The molecule has 0 saturated carbocycles. The van der Waals surface area contributed by atoms with Crippen molar-refractivity contribution in [1.29, 1.82) is 0 Å². The van der Waals surface area contributed by atoms with Gasteiger partial charge < -0.3 is 20.9 Å². The van der Waals surface area contributed by atoms with Crippen molar-refractivity contribution in [2.24, 2.45) is 11.5 Å². The van der Waals surface area contributed by atoms with E-state index in [2.05, 4.69) is 36.1 Å². The molecule has 6 heteroatoms. The van der Waals surface area contributed by atoms with Crippen molar-refractivity contribution >= 4 is 5.91 Å². The lowest BCUT2D eigenvalue weighted by atomic mass is 9.78. The number of nitrogens with two attached hydrogens (primary N) is 2. The second kappa shape index (κ2) is 8.05. The molecule has 0 aliphatic carbocycles. The van der Waals surface area contributed by atoms with Gasteiger partial charge in [-0.25, -0.2) is 0 Å². The molecule has 0 unspecified atom stereocenters. The Morgan fingerprint density at radius 3 is 2.79 bits per heavy atom. The van der Waals surface area contributed by atoms with Crippen LogP contribution in [0, 0.1) is 6.92 Å². The molecule has 29 heavy (non-hydrogen) atoms. The van der Waals surface area contributed by atoms with Gasteiger partial charge in [0.1, 0.15) is 0 Å². The van der Waals surface area contributed by atoms with Crippen LogP contribution in [0.25, 0.3) is 0 Å². The molecule has 4 rings (SSSR count). The molecule has 1 fully saturated rings. The quantitative estimate of drug-likeness (QED) is 0.811. The SMILES string of the molecule is COc1cc2c(cc1OCC(N)=O)CCN1C[C@H](c3cccc(C)c3)[C@@H](N)C[C@@H]21. The molecule has 2 aliphatic rings. The van der Waals surface area contributed by atoms with Crippen LogP contribution in [-0.4, -0.2) is 43.7 Å². The van der Waals surface area contributed by atoms with Crippen molar-refractivity contribution in [3.8, 4) is 11.5 Å². The number of carbonyl (C=O) groups excluding carboxylic acids is 1. The van der Waals surface area contributed by atoms with E-state index in [0.717, 1.165) is 25.9 Å². The minimum Gasteiger partial charge on any atom is -0.493 e. The zero-order chi connectivity index (χ0) is 20.5. The van der Waals surface area contributed by atoms with Crippen LogP contribution in [0.4, 0.5) is 0 Å². The number of piperidine rings is 1. The van der Waals surface area contributed by atoms with Gasteiger partial charge in [0.15, 0.2) is 18.1 Å². The number of carbonyl (C=O) groups is 1. The molecule has 2 heterocycles. The maximum Gasteiger partial charge on any atom is 0.255 e. The number of ether oxygens (including phenoxy) is 2. The summed E-state index contributed by atoms with van der Waals surface area (Å²) in [5.41, 5.74) is 17.0. The summed E-state index contributed by atoms with van der Waals surface area (Å²) in [4.78, 5) is 13.6. The van der Waals surface area contributed by atoms with Gasteiger partial charge in [0, 0.05) is 31.1 Å². The van der Waals surface area contributed by atoms with Gasteiger partial charge in [-0.05, 0) is 48.6 Å².